The van der Waals surface area contributed by atoms with Gasteiger partial charge in [-0.3, -0.25) is 4.79 Å². The zero-order valence-corrected chi connectivity index (χ0v) is 14.0. The van der Waals surface area contributed by atoms with Crippen molar-refractivity contribution in [3.05, 3.63) is 41.7 Å². The van der Waals surface area contributed by atoms with Crippen molar-refractivity contribution in [2.75, 3.05) is 5.32 Å². The third kappa shape index (κ3) is 3.41. The number of alkyl halides is 3. The molecule has 6 nitrogen and oxygen atoms in total. The summed E-state index contributed by atoms with van der Waals surface area (Å²) in [5.74, 6) is -0.811. The molecule has 1 aromatic heterocycles. The van der Waals surface area contributed by atoms with Crippen molar-refractivity contribution in [2.45, 2.75) is 25.4 Å². The minimum Gasteiger partial charge on any atom is -0.478 e. The highest BCUT2D eigenvalue weighted by Crippen LogP contribution is 2.54. The van der Waals surface area contributed by atoms with Gasteiger partial charge >= 0.3 is 12.1 Å². The number of carboxylic acid groups (broad SMARTS) is 1. The Hall–Kier alpha value is -2.84. The van der Waals surface area contributed by atoms with E-state index >= 15 is 0 Å². The zero-order chi connectivity index (χ0) is 19.3. The first-order valence-electron chi connectivity index (χ1n) is 8.55. The van der Waals surface area contributed by atoms with Crippen LogP contribution in [0.5, 0.6) is 0 Å². The van der Waals surface area contributed by atoms with Gasteiger partial charge in [0.2, 0.25) is 5.91 Å². The molecule has 2 unspecified atom stereocenters. The highest BCUT2D eigenvalue weighted by Gasteiger charge is 2.51. The van der Waals surface area contributed by atoms with Gasteiger partial charge in [-0.05, 0) is 49.3 Å². The van der Waals surface area contributed by atoms with Crippen molar-refractivity contribution >= 4 is 17.6 Å². The van der Waals surface area contributed by atoms with E-state index in [1.165, 1.54) is 18.2 Å². The summed E-state index contributed by atoms with van der Waals surface area (Å²) in [5, 5.41) is 15.3. The normalized spacial score (nSPS) is 21.7. The van der Waals surface area contributed by atoms with Crippen LogP contribution < -0.4 is 5.32 Å². The van der Waals surface area contributed by atoms with E-state index in [-0.39, 0.29) is 17.5 Å². The predicted molar refractivity (Wildman–Crippen MR) is 88.5 cm³/mol. The molecule has 0 radical (unpaired) electrons. The standard InChI is InChI=1S/C18H16F3N3O3/c19-18(20,21)15-14(17(26)27)8-22-24(15)11-3-1-2-10(6-11)23-16(25)13-7-12(13)9-4-5-9/h1-3,6,8-9,12-13H,4-5,7H2,(H,23,25)(H,26,27). The zero-order valence-electron chi connectivity index (χ0n) is 14.0. The molecule has 9 heteroatoms. The Morgan fingerprint density at radius 1 is 1.26 bits per heavy atom. The fraction of sp³-hybridized carbons (Fsp3) is 0.389. The molecular weight excluding hydrogens is 363 g/mol. The minimum absolute atomic E-state index is 0.0159. The molecule has 0 aliphatic heterocycles. The van der Waals surface area contributed by atoms with Crippen LogP contribution in [0.2, 0.25) is 0 Å². The molecule has 142 valence electrons. The molecular formula is C18H16F3N3O3. The number of carbonyl (C=O) groups excluding carboxylic acids is 1. The first kappa shape index (κ1) is 17.6. The Labute approximate surface area is 152 Å². The summed E-state index contributed by atoms with van der Waals surface area (Å²) in [7, 11) is 0. The Bertz CT molecular complexity index is 918. The molecule has 2 aliphatic carbocycles. The highest BCUT2D eigenvalue weighted by molar-refractivity contribution is 5.94. The largest absolute Gasteiger partial charge is 0.478 e. The lowest BCUT2D eigenvalue weighted by Crippen LogP contribution is -2.18. The van der Waals surface area contributed by atoms with Crippen molar-refractivity contribution in [3.63, 3.8) is 0 Å². The van der Waals surface area contributed by atoms with Crippen molar-refractivity contribution < 1.29 is 27.9 Å². The molecule has 0 spiro atoms. The molecule has 2 aliphatic rings. The maximum absolute atomic E-state index is 13.3. The summed E-state index contributed by atoms with van der Waals surface area (Å²) >= 11 is 0. The lowest BCUT2D eigenvalue weighted by Gasteiger charge is -2.13. The number of hydrogen-bond donors (Lipinski definition) is 2. The number of nitrogens with zero attached hydrogens (tertiary/aromatic N) is 2. The third-order valence-electron chi connectivity index (χ3n) is 5.03. The Morgan fingerprint density at radius 2 is 2.00 bits per heavy atom. The van der Waals surface area contributed by atoms with E-state index in [1.807, 2.05) is 0 Å². The van der Waals surface area contributed by atoms with Crippen LogP contribution in [0.4, 0.5) is 18.9 Å². The molecule has 1 heterocycles. The quantitative estimate of drug-likeness (QED) is 0.832. The molecule has 1 aromatic carbocycles. The van der Waals surface area contributed by atoms with E-state index in [1.54, 1.807) is 6.07 Å². The number of aromatic carboxylic acids is 1. The van der Waals surface area contributed by atoms with Gasteiger partial charge in [-0.25, -0.2) is 9.48 Å². The summed E-state index contributed by atoms with van der Waals surface area (Å²) in [6.45, 7) is 0. The smallest absolute Gasteiger partial charge is 0.434 e. The topological polar surface area (TPSA) is 84.2 Å². The van der Waals surface area contributed by atoms with E-state index in [0.29, 0.717) is 28.4 Å². The van der Waals surface area contributed by atoms with Gasteiger partial charge in [0.05, 0.1) is 11.9 Å². The van der Waals surface area contributed by atoms with E-state index < -0.39 is 23.4 Å². The fourth-order valence-corrected chi connectivity index (χ4v) is 3.49. The molecule has 2 aromatic rings. The molecule has 2 atom stereocenters. The van der Waals surface area contributed by atoms with Crippen LogP contribution in [0.25, 0.3) is 5.69 Å². The van der Waals surface area contributed by atoms with Crippen LogP contribution in [0.3, 0.4) is 0 Å². The van der Waals surface area contributed by atoms with E-state index in [4.69, 9.17) is 5.11 Å². The first-order chi connectivity index (χ1) is 12.8. The minimum atomic E-state index is -4.89. The molecule has 2 saturated carbocycles. The number of rotatable bonds is 5. The molecule has 27 heavy (non-hydrogen) atoms. The summed E-state index contributed by atoms with van der Waals surface area (Å²) in [4.78, 5) is 23.4. The van der Waals surface area contributed by atoms with Gasteiger partial charge in [-0.1, -0.05) is 6.07 Å². The number of nitrogens with one attached hydrogen (secondary N) is 1. The summed E-state index contributed by atoms with van der Waals surface area (Å²) in [6, 6.07) is 5.78. The van der Waals surface area contributed by atoms with Gasteiger partial charge in [0.15, 0.2) is 5.69 Å². The number of anilines is 1. The summed E-state index contributed by atoms with van der Waals surface area (Å²) in [6.07, 6.45) is -1.05. The van der Waals surface area contributed by atoms with Crippen molar-refractivity contribution in [1.82, 2.24) is 9.78 Å². The fourth-order valence-electron chi connectivity index (χ4n) is 3.49. The van der Waals surface area contributed by atoms with E-state index in [9.17, 15) is 22.8 Å². The average molecular weight is 379 g/mol. The number of carboxylic acids is 1. The number of amides is 1. The van der Waals surface area contributed by atoms with Gasteiger partial charge in [0.25, 0.3) is 0 Å². The van der Waals surface area contributed by atoms with Gasteiger partial charge in [0.1, 0.15) is 5.56 Å². The van der Waals surface area contributed by atoms with Crippen LogP contribution in [0.1, 0.15) is 35.3 Å². The SMILES string of the molecule is O=C(O)c1cnn(-c2cccc(NC(=O)C3CC3C3CC3)c2)c1C(F)(F)F. The van der Waals surface area contributed by atoms with Crippen LogP contribution in [-0.2, 0) is 11.0 Å². The highest BCUT2D eigenvalue weighted by atomic mass is 19.4. The Kier molecular flexibility index (Phi) is 3.97. The second-order valence-corrected chi connectivity index (χ2v) is 7.00. The molecule has 2 fully saturated rings. The number of carbonyl (C=O) groups is 2. The van der Waals surface area contributed by atoms with Crippen LogP contribution >= 0.6 is 0 Å². The molecule has 2 N–H and O–H groups in total. The maximum Gasteiger partial charge on any atom is 0.434 e. The molecule has 1 amide bonds. The Morgan fingerprint density at radius 3 is 2.63 bits per heavy atom. The van der Waals surface area contributed by atoms with Crippen molar-refractivity contribution in [3.8, 4) is 5.69 Å². The van der Waals surface area contributed by atoms with Gasteiger partial charge in [-0.2, -0.15) is 18.3 Å². The lowest BCUT2D eigenvalue weighted by molar-refractivity contribution is -0.143. The number of hydrogen-bond acceptors (Lipinski definition) is 3. The molecule has 4 rings (SSSR count). The van der Waals surface area contributed by atoms with Crippen LogP contribution in [0, 0.1) is 17.8 Å². The summed E-state index contributed by atoms with van der Waals surface area (Å²) in [5.41, 5.74) is -1.93. The molecule has 0 bridgehead atoms. The molecule has 0 saturated heterocycles. The number of halogens is 3. The number of aromatic nitrogens is 2. The van der Waals surface area contributed by atoms with Gasteiger partial charge in [-0.15, -0.1) is 0 Å². The Balaban J connectivity index is 1.59. The first-order valence-corrected chi connectivity index (χ1v) is 8.55. The van der Waals surface area contributed by atoms with Crippen LogP contribution in [-0.4, -0.2) is 26.8 Å². The third-order valence-corrected chi connectivity index (χ3v) is 5.03. The van der Waals surface area contributed by atoms with Gasteiger partial charge in [0, 0.05) is 11.6 Å². The average Bonchev–Trinajstić information content (AvgIpc) is 3.48. The summed E-state index contributed by atoms with van der Waals surface area (Å²) < 4.78 is 40.6. The van der Waals surface area contributed by atoms with E-state index in [2.05, 4.69) is 10.4 Å². The monoisotopic (exact) mass is 379 g/mol. The van der Waals surface area contributed by atoms with Crippen molar-refractivity contribution in [1.29, 1.82) is 0 Å². The van der Waals surface area contributed by atoms with Crippen molar-refractivity contribution in [2.24, 2.45) is 17.8 Å². The van der Waals surface area contributed by atoms with Crippen LogP contribution in [0.15, 0.2) is 30.5 Å². The second-order valence-electron chi connectivity index (χ2n) is 7.00. The predicted octanol–water partition coefficient (Wildman–Crippen LogP) is 3.57. The maximum atomic E-state index is 13.3. The van der Waals surface area contributed by atoms with E-state index in [0.717, 1.165) is 19.3 Å². The number of benzene rings is 1. The van der Waals surface area contributed by atoms with Gasteiger partial charge < -0.3 is 10.4 Å². The lowest BCUT2D eigenvalue weighted by atomic mass is 10.2. The second kappa shape index (κ2) is 6.11.